The van der Waals surface area contributed by atoms with Crippen molar-refractivity contribution in [3.8, 4) is 11.5 Å². The molecule has 23 heavy (non-hydrogen) atoms. The van der Waals surface area contributed by atoms with Gasteiger partial charge in [-0.05, 0) is 30.3 Å². The fraction of sp³-hybridized carbons (Fsp3) is 0.0769. The van der Waals surface area contributed by atoms with Crippen LogP contribution < -0.4 is 8.92 Å². The molecule has 10 heteroatoms. The quantitative estimate of drug-likeness (QED) is 0.447. The molecule has 0 amide bonds. The molecule has 0 aliphatic heterocycles. The molecule has 0 fully saturated rings. The zero-order valence-corrected chi connectivity index (χ0v) is 13.9. The lowest BCUT2D eigenvalue weighted by Gasteiger charge is -2.09. The number of hydrogen-bond donors (Lipinski definition) is 0. The number of benzene rings is 2. The number of ether oxygens (including phenoxy) is 1. The molecule has 0 saturated heterocycles. The van der Waals surface area contributed by atoms with Gasteiger partial charge in [-0.2, -0.15) is 8.42 Å². The van der Waals surface area contributed by atoms with E-state index in [1.54, 1.807) is 0 Å². The van der Waals surface area contributed by atoms with E-state index in [4.69, 9.17) is 32.1 Å². The maximum atomic E-state index is 12.2. The van der Waals surface area contributed by atoms with Gasteiger partial charge in [-0.3, -0.25) is 10.1 Å². The summed E-state index contributed by atoms with van der Waals surface area (Å²) in [4.78, 5) is 9.80. The van der Waals surface area contributed by atoms with Crippen LogP contribution >= 0.6 is 23.2 Å². The molecule has 0 unspecified atom stereocenters. The number of nitro groups is 1. The standard InChI is InChI=1S/C13H9Cl2NO6S/c1-21-13-5-3-9(7-11(13)16(17)18)23(19,20)22-12-4-2-8(14)6-10(12)15/h2-7H,1H3. The second-order valence-electron chi connectivity index (χ2n) is 4.20. The molecule has 0 spiro atoms. The molecule has 2 aromatic carbocycles. The van der Waals surface area contributed by atoms with Crippen LogP contribution in [0.2, 0.25) is 10.0 Å². The molecule has 2 aromatic rings. The predicted octanol–water partition coefficient (Wildman–Crippen LogP) is 3.68. The van der Waals surface area contributed by atoms with Crippen LogP contribution in [0, 0.1) is 10.1 Å². The zero-order chi connectivity index (χ0) is 17.2. The van der Waals surface area contributed by atoms with Crippen molar-refractivity contribution in [2.75, 3.05) is 7.11 Å². The molecule has 122 valence electrons. The number of nitrogens with zero attached hydrogens (tertiary/aromatic N) is 1. The van der Waals surface area contributed by atoms with Crippen LogP contribution in [0.4, 0.5) is 5.69 Å². The van der Waals surface area contributed by atoms with Gasteiger partial charge in [0.15, 0.2) is 11.5 Å². The van der Waals surface area contributed by atoms with Gasteiger partial charge in [0.25, 0.3) is 0 Å². The Hall–Kier alpha value is -2.03. The van der Waals surface area contributed by atoms with Crippen molar-refractivity contribution < 1.29 is 22.3 Å². The third-order valence-electron chi connectivity index (χ3n) is 2.73. The monoisotopic (exact) mass is 377 g/mol. The Labute approximate surface area is 141 Å². The van der Waals surface area contributed by atoms with Crippen molar-refractivity contribution in [1.29, 1.82) is 0 Å². The molecule has 0 heterocycles. The van der Waals surface area contributed by atoms with Crippen molar-refractivity contribution in [2.45, 2.75) is 4.90 Å². The Morgan fingerprint density at radius 3 is 2.30 bits per heavy atom. The number of nitro benzene ring substituents is 1. The van der Waals surface area contributed by atoms with Crippen molar-refractivity contribution in [1.82, 2.24) is 0 Å². The molecule has 7 nitrogen and oxygen atoms in total. The van der Waals surface area contributed by atoms with Gasteiger partial charge in [0.2, 0.25) is 0 Å². The summed E-state index contributed by atoms with van der Waals surface area (Å²) >= 11 is 11.6. The summed E-state index contributed by atoms with van der Waals surface area (Å²) in [6.07, 6.45) is 0. The minimum absolute atomic E-state index is 0.0101. The highest BCUT2D eigenvalue weighted by Gasteiger charge is 2.24. The van der Waals surface area contributed by atoms with Gasteiger partial charge in [0.1, 0.15) is 4.90 Å². The highest BCUT2D eigenvalue weighted by atomic mass is 35.5. The van der Waals surface area contributed by atoms with E-state index in [1.165, 1.54) is 25.3 Å². The molecule has 0 saturated carbocycles. The number of rotatable bonds is 5. The lowest BCUT2D eigenvalue weighted by molar-refractivity contribution is -0.386. The van der Waals surface area contributed by atoms with E-state index in [1.807, 2.05) is 0 Å². The molecule has 0 N–H and O–H groups in total. The Morgan fingerprint density at radius 2 is 1.74 bits per heavy atom. The Morgan fingerprint density at radius 1 is 1.09 bits per heavy atom. The van der Waals surface area contributed by atoms with E-state index in [9.17, 15) is 18.5 Å². The van der Waals surface area contributed by atoms with Crippen LogP contribution in [-0.4, -0.2) is 20.5 Å². The van der Waals surface area contributed by atoms with Crippen LogP contribution in [-0.2, 0) is 10.1 Å². The highest BCUT2D eigenvalue weighted by molar-refractivity contribution is 7.87. The fourth-order valence-corrected chi connectivity index (χ4v) is 3.14. The third kappa shape index (κ3) is 3.84. The van der Waals surface area contributed by atoms with Crippen molar-refractivity contribution >= 4 is 39.0 Å². The summed E-state index contributed by atoms with van der Waals surface area (Å²) in [7, 11) is -3.08. The van der Waals surface area contributed by atoms with E-state index >= 15 is 0 Å². The minimum atomic E-state index is -4.32. The van der Waals surface area contributed by atoms with Gasteiger partial charge < -0.3 is 8.92 Å². The third-order valence-corrected chi connectivity index (χ3v) is 4.49. The molecule has 0 aromatic heterocycles. The average Bonchev–Trinajstić information content (AvgIpc) is 2.49. The van der Waals surface area contributed by atoms with Crippen LogP contribution in [0.25, 0.3) is 0 Å². The van der Waals surface area contributed by atoms with Gasteiger partial charge >= 0.3 is 15.8 Å². The summed E-state index contributed by atoms with van der Waals surface area (Å²) < 4.78 is 34.2. The second kappa shape index (κ2) is 6.61. The van der Waals surface area contributed by atoms with Crippen molar-refractivity contribution in [2.24, 2.45) is 0 Å². The van der Waals surface area contributed by atoms with Gasteiger partial charge in [-0.15, -0.1) is 0 Å². The maximum Gasteiger partial charge on any atom is 0.339 e. The smallest absolute Gasteiger partial charge is 0.339 e. The topological polar surface area (TPSA) is 95.7 Å². The van der Waals surface area contributed by atoms with Gasteiger partial charge in [-0.1, -0.05) is 23.2 Å². The van der Waals surface area contributed by atoms with E-state index in [-0.39, 0.29) is 16.5 Å². The Kier molecular flexibility index (Phi) is 4.98. The summed E-state index contributed by atoms with van der Waals surface area (Å²) in [5.41, 5.74) is -0.501. The van der Waals surface area contributed by atoms with E-state index < -0.39 is 25.6 Å². The molecule has 0 aliphatic carbocycles. The molecule has 0 bridgehead atoms. The van der Waals surface area contributed by atoms with E-state index in [0.717, 1.165) is 18.2 Å². The molecule has 0 aliphatic rings. The maximum absolute atomic E-state index is 12.2. The largest absolute Gasteiger partial charge is 0.490 e. The van der Waals surface area contributed by atoms with Crippen LogP contribution in [0.15, 0.2) is 41.3 Å². The van der Waals surface area contributed by atoms with Gasteiger partial charge in [-0.25, -0.2) is 0 Å². The van der Waals surface area contributed by atoms with Gasteiger partial charge in [0.05, 0.1) is 17.1 Å². The van der Waals surface area contributed by atoms with Crippen molar-refractivity contribution in [3.63, 3.8) is 0 Å². The first-order chi connectivity index (χ1) is 10.7. The number of hydrogen-bond acceptors (Lipinski definition) is 6. The molecule has 0 atom stereocenters. The first kappa shape index (κ1) is 17.3. The van der Waals surface area contributed by atoms with Crippen LogP contribution in [0.1, 0.15) is 0 Å². The zero-order valence-electron chi connectivity index (χ0n) is 11.5. The lowest BCUT2D eigenvalue weighted by atomic mass is 10.3. The predicted molar refractivity (Wildman–Crippen MR) is 83.9 cm³/mol. The minimum Gasteiger partial charge on any atom is -0.490 e. The van der Waals surface area contributed by atoms with Crippen molar-refractivity contribution in [3.05, 3.63) is 56.6 Å². The Bertz CT molecular complexity index is 869. The van der Waals surface area contributed by atoms with Crippen LogP contribution in [0.5, 0.6) is 11.5 Å². The SMILES string of the molecule is COc1ccc(S(=O)(=O)Oc2ccc(Cl)cc2Cl)cc1[N+](=O)[O-]. The average molecular weight is 378 g/mol. The first-order valence-electron chi connectivity index (χ1n) is 5.96. The Balaban J connectivity index is 2.43. The van der Waals surface area contributed by atoms with E-state index in [0.29, 0.717) is 5.02 Å². The number of methoxy groups -OCH3 is 1. The van der Waals surface area contributed by atoms with E-state index in [2.05, 4.69) is 0 Å². The normalized spacial score (nSPS) is 11.1. The first-order valence-corrected chi connectivity index (χ1v) is 8.13. The summed E-state index contributed by atoms with van der Waals surface area (Å²) in [5, 5.41) is 11.3. The second-order valence-corrected chi connectivity index (χ2v) is 6.59. The van der Waals surface area contributed by atoms with Crippen LogP contribution in [0.3, 0.4) is 0 Å². The lowest BCUT2D eigenvalue weighted by Crippen LogP contribution is -2.10. The molecular formula is C13H9Cl2NO6S. The van der Waals surface area contributed by atoms with Gasteiger partial charge in [0, 0.05) is 11.1 Å². The molecule has 2 rings (SSSR count). The molecule has 0 radical (unpaired) electrons. The summed E-state index contributed by atoms with van der Waals surface area (Å²) in [5.74, 6) is -0.215. The molecular weight excluding hydrogens is 369 g/mol. The summed E-state index contributed by atoms with van der Waals surface area (Å²) in [6, 6.07) is 7.13. The number of halogens is 2. The highest BCUT2D eigenvalue weighted by Crippen LogP contribution is 2.33. The fourth-order valence-electron chi connectivity index (χ4n) is 1.68. The summed E-state index contributed by atoms with van der Waals surface area (Å²) in [6.45, 7) is 0.